The first-order valence-electron chi connectivity index (χ1n) is 5.91. The molecule has 1 aromatic rings. The van der Waals surface area contributed by atoms with E-state index in [9.17, 15) is 0 Å². The molecule has 1 saturated heterocycles. The van der Waals surface area contributed by atoms with Crippen molar-refractivity contribution in [2.45, 2.75) is 45.1 Å². The molecule has 0 saturated carbocycles. The summed E-state index contributed by atoms with van der Waals surface area (Å²) in [4.78, 5) is 0. The van der Waals surface area contributed by atoms with Crippen molar-refractivity contribution in [3.05, 3.63) is 35.4 Å². The molecular formula is C14H22ClN. The van der Waals surface area contributed by atoms with E-state index in [1.165, 1.54) is 30.5 Å². The maximum Gasteiger partial charge on any atom is 0.0320 e. The number of hydrogen-bond donors (Lipinski definition) is 1. The summed E-state index contributed by atoms with van der Waals surface area (Å²) in [6, 6.07) is 9.71. The van der Waals surface area contributed by atoms with Crippen LogP contribution in [0.25, 0.3) is 0 Å². The number of nitrogens with one attached hydrogen (secondary N) is 1. The second-order valence-electron chi connectivity index (χ2n) is 5.52. The molecule has 1 fully saturated rings. The van der Waals surface area contributed by atoms with E-state index in [0.29, 0.717) is 6.04 Å². The number of hydrogen-bond acceptors (Lipinski definition) is 1. The molecule has 0 spiro atoms. The lowest BCUT2D eigenvalue weighted by atomic mass is 9.86. The zero-order chi connectivity index (χ0) is 10.9. The normalized spacial score (nSPS) is 20.6. The summed E-state index contributed by atoms with van der Waals surface area (Å²) in [5.41, 5.74) is 3.13. The van der Waals surface area contributed by atoms with Crippen LogP contribution in [0.3, 0.4) is 0 Å². The highest BCUT2D eigenvalue weighted by molar-refractivity contribution is 5.85. The van der Waals surface area contributed by atoms with Crippen molar-refractivity contribution in [3.63, 3.8) is 0 Å². The highest BCUT2D eigenvalue weighted by atomic mass is 35.5. The Morgan fingerprint density at radius 3 is 2.19 bits per heavy atom. The Morgan fingerprint density at radius 1 is 1.12 bits per heavy atom. The van der Waals surface area contributed by atoms with Gasteiger partial charge < -0.3 is 5.32 Å². The molecule has 90 valence electrons. The number of halogens is 1. The van der Waals surface area contributed by atoms with Crippen LogP contribution in [-0.2, 0) is 5.41 Å². The van der Waals surface area contributed by atoms with Gasteiger partial charge in [0.15, 0.2) is 0 Å². The van der Waals surface area contributed by atoms with Crippen LogP contribution < -0.4 is 5.32 Å². The van der Waals surface area contributed by atoms with Gasteiger partial charge in [0, 0.05) is 6.04 Å². The van der Waals surface area contributed by atoms with E-state index in [1.807, 2.05) is 0 Å². The third-order valence-corrected chi connectivity index (χ3v) is 3.24. The van der Waals surface area contributed by atoms with E-state index in [1.54, 1.807) is 0 Å². The van der Waals surface area contributed by atoms with E-state index in [-0.39, 0.29) is 17.8 Å². The molecular weight excluding hydrogens is 218 g/mol. The van der Waals surface area contributed by atoms with Crippen LogP contribution in [0.1, 0.15) is 50.8 Å². The van der Waals surface area contributed by atoms with E-state index >= 15 is 0 Å². The van der Waals surface area contributed by atoms with E-state index in [2.05, 4.69) is 50.4 Å². The zero-order valence-corrected chi connectivity index (χ0v) is 11.2. The minimum absolute atomic E-state index is 0. The van der Waals surface area contributed by atoms with Crippen molar-refractivity contribution in [2.24, 2.45) is 0 Å². The largest absolute Gasteiger partial charge is 0.310 e. The van der Waals surface area contributed by atoms with Crippen molar-refractivity contribution in [1.82, 2.24) is 5.32 Å². The monoisotopic (exact) mass is 239 g/mol. The molecule has 0 amide bonds. The first-order valence-corrected chi connectivity index (χ1v) is 5.91. The third kappa shape index (κ3) is 2.99. The van der Waals surface area contributed by atoms with Crippen LogP contribution in [-0.4, -0.2) is 6.54 Å². The minimum atomic E-state index is 0. The lowest BCUT2D eigenvalue weighted by Gasteiger charge is -2.20. The van der Waals surface area contributed by atoms with Gasteiger partial charge in [-0.2, -0.15) is 0 Å². The molecule has 1 aromatic carbocycles. The fraction of sp³-hybridized carbons (Fsp3) is 0.571. The van der Waals surface area contributed by atoms with Crippen LogP contribution in [0.15, 0.2) is 24.3 Å². The fourth-order valence-electron chi connectivity index (χ4n) is 2.18. The van der Waals surface area contributed by atoms with Crippen LogP contribution in [0, 0.1) is 0 Å². The summed E-state index contributed by atoms with van der Waals surface area (Å²) < 4.78 is 0. The Hall–Kier alpha value is -0.530. The van der Waals surface area contributed by atoms with Crippen LogP contribution in [0.2, 0.25) is 0 Å². The van der Waals surface area contributed by atoms with Gasteiger partial charge in [0.2, 0.25) is 0 Å². The standard InChI is InChI=1S/C14H21N.ClH/c1-14(2,3)12-8-6-11(7-9-12)13-5-4-10-15-13;/h6-9,13,15H,4-5,10H2,1-3H3;1H/t13-;/m0./s1. The molecule has 1 aliphatic heterocycles. The Kier molecular flexibility index (Phi) is 4.40. The Labute approximate surface area is 105 Å². The average Bonchev–Trinajstić information content (AvgIpc) is 2.69. The molecule has 1 aliphatic rings. The summed E-state index contributed by atoms with van der Waals surface area (Å²) in [5, 5.41) is 3.53. The van der Waals surface area contributed by atoms with Crippen molar-refractivity contribution in [2.75, 3.05) is 6.54 Å². The maximum absolute atomic E-state index is 3.53. The lowest BCUT2D eigenvalue weighted by Crippen LogP contribution is -2.14. The van der Waals surface area contributed by atoms with E-state index < -0.39 is 0 Å². The second kappa shape index (κ2) is 5.20. The molecule has 1 N–H and O–H groups in total. The van der Waals surface area contributed by atoms with Gasteiger partial charge in [0.1, 0.15) is 0 Å². The summed E-state index contributed by atoms with van der Waals surface area (Å²) in [6.45, 7) is 7.95. The highest BCUT2D eigenvalue weighted by Gasteiger charge is 2.17. The summed E-state index contributed by atoms with van der Waals surface area (Å²) >= 11 is 0. The van der Waals surface area contributed by atoms with Crippen molar-refractivity contribution < 1.29 is 0 Å². The van der Waals surface area contributed by atoms with E-state index in [0.717, 1.165) is 0 Å². The summed E-state index contributed by atoms with van der Waals surface area (Å²) in [5.74, 6) is 0. The highest BCUT2D eigenvalue weighted by Crippen LogP contribution is 2.27. The van der Waals surface area contributed by atoms with Gasteiger partial charge in [-0.1, -0.05) is 45.0 Å². The predicted octanol–water partition coefficient (Wildman–Crippen LogP) is 3.83. The SMILES string of the molecule is CC(C)(C)c1ccc([C@@H]2CCCN2)cc1.Cl. The third-order valence-electron chi connectivity index (χ3n) is 3.24. The zero-order valence-electron chi connectivity index (χ0n) is 10.4. The Morgan fingerprint density at radius 2 is 1.75 bits per heavy atom. The topological polar surface area (TPSA) is 12.0 Å². The van der Waals surface area contributed by atoms with Gasteiger partial charge >= 0.3 is 0 Å². The van der Waals surface area contributed by atoms with Gasteiger partial charge in [-0.3, -0.25) is 0 Å². The van der Waals surface area contributed by atoms with Gasteiger partial charge in [-0.05, 0) is 35.9 Å². The molecule has 0 bridgehead atoms. The molecule has 1 nitrogen and oxygen atoms in total. The first kappa shape index (κ1) is 13.5. The molecule has 1 atom stereocenters. The van der Waals surface area contributed by atoms with Crippen molar-refractivity contribution in [1.29, 1.82) is 0 Å². The van der Waals surface area contributed by atoms with Gasteiger partial charge in [-0.25, -0.2) is 0 Å². The quantitative estimate of drug-likeness (QED) is 0.786. The smallest absolute Gasteiger partial charge is 0.0320 e. The van der Waals surface area contributed by atoms with E-state index in [4.69, 9.17) is 0 Å². The molecule has 2 rings (SSSR count). The molecule has 0 radical (unpaired) electrons. The van der Waals surface area contributed by atoms with Crippen LogP contribution in [0.4, 0.5) is 0 Å². The van der Waals surface area contributed by atoms with Crippen LogP contribution >= 0.6 is 12.4 Å². The Balaban J connectivity index is 0.00000128. The lowest BCUT2D eigenvalue weighted by molar-refractivity contribution is 0.588. The molecule has 1 heterocycles. The minimum Gasteiger partial charge on any atom is -0.310 e. The average molecular weight is 240 g/mol. The second-order valence-corrected chi connectivity index (χ2v) is 5.52. The molecule has 16 heavy (non-hydrogen) atoms. The van der Waals surface area contributed by atoms with Crippen LogP contribution in [0.5, 0.6) is 0 Å². The van der Waals surface area contributed by atoms with Gasteiger partial charge in [0.05, 0.1) is 0 Å². The molecule has 0 aliphatic carbocycles. The molecule has 2 heteroatoms. The predicted molar refractivity (Wildman–Crippen MR) is 72.4 cm³/mol. The van der Waals surface area contributed by atoms with Crippen molar-refractivity contribution in [3.8, 4) is 0 Å². The Bertz CT molecular complexity index is 318. The summed E-state index contributed by atoms with van der Waals surface area (Å²) in [7, 11) is 0. The fourth-order valence-corrected chi connectivity index (χ4v) is 2.18. The molecule has 0 unspecified atom stereocenters. The summed E-state index contributed by atoms with van der Waals surface area (Å²) in [6.07, 6.45) is 2.60. The first-order chi connectivity index (χ1) is 7.07. The van der Waals surface area contributed by atoms with Gasteiger partial charge in [-0.15, -0.1) is 12.4 Å². The maximum atomic E-state index is 3.53. The van der Waals surface area contributed by atoms with Crippen molar-refractivity contribution >= 4 is 12.4 Å². The van der Waals surface area contributed by atoms with Gasteiger partial charge in [0.25, 0.3) is 0 Å². The number of benzene rings is 1. The molecule has 0 aromatic heterocycles. The number of rotatable bonds is 1.